The van der Waals surface area contributed by atoms with Crippen LogP contribution in [0.4, 0.5) is 14.5 Å². The van der Waals surface area contributed by atoms with E-state index in [1.807, 2.05) is 0 Å². The minimum Gasteiger partial charge on any atom is -0.324 e. The topological polar surface area (TPSA) is 32.3 Å². The van der Waals surface area contributed by atoms with Gasteiger partial charge < -0.3 is 10.2 Å². The lowest BCUT2D eigenvalue weighted by atomic mass is 9.98. The normalized spacial score (nSPS) is 19.9. The van der Waals surface area contributed by atoms with E-state index in [2.05, 4.69) is 17.3 Å². The van der Waals surface area contributed by atoms with Crippen molar-refractivity contribution in [3.8, 4) is 0 Å². The first-order valence-corrected chi connectivity index (χ1v) is 7.01. The van der Waals surface area contributed by atoms with Crippen molar-refractivity contribution >= 4 is 11.6 Å². The largest absolute Gasteiger partial charge is 0.324 e. The number of piperidine rings is 1. The summed E-state index contributed by atoms with van der Waals surface area (Å²) in [4.78, 5) is 14.1. The van der Waals surface area contributed by atoms with Crippen molar-refractivity contribution < 1.29 is 13.6 Å². The second kappa shape index (κ2) is 6.79. The molecule has 1 aliphatic rings. The molecule has 1 aromatic carbocycles. The average molecular weight is 282 g/mol. The Morgan fingerprint density at radius 3 is 2.90 bits per heavy atom. The number of hydrogen-bond donors (Lipinski definition) is 1. The summed E-state index contributed by atoms with van der Waals surface area (Å²) in [6, 6.07) is 3.57. The van der Waals surface area contributed by atoms with Gasteiger partial charge in [0, 0.05) is 18.5 Å². The van der Waals surface area contributed by atoms with Crippen LogP contribution in [0, 0.1) is 11.6 Å². The SMILES string of the molecule is CN1CCCCC1CCC(=O)Nc1ccc(F)cc1F. The quantitative estimate of drug-likeness (QED) is 0.920. The number of anilines is 1. The summed E-state index contributed by atoms with van der Waals surface area (Å²) in [6.45, 7) is 1.07. The van der Waals surface area contributed by atoms with Crippen molar-refractivity contribution in [3.63, 3.8) is 0 Å². The number of hydrogen-bond acceptors (Lipinski definition) is 2. The van der Waals surface area contributed by atoms with E-state index in [1.54, 1.807) is 0 Å². The number of amides is 1. The third kappa shape index (κ3) is 4.00. The first kappa shape index (κ1) is 14.9. The number of benzene rings is 1. The number of likely N-dealkylation sites (tertiary alicyclic amines) is 1. The van der Waals surface area contributed by atoms with Gasteiger partial charge in [0.2, 0.25) is 5.91 Å². The molecule has 5 heteroatoms. The van der Waals surface area contributed by atoms with Gasteiger partial charge in [0.1, 0.15) is 11.6 Å². The Kier molecular flexibility index (Phi) is 5.06. The van der Waals surface area contributed by atoms with Crippen molar-refractivity contribution in [2.75, 3.05) is 18.9 Å². The molecule has 0 bridgehead atoms. The summed E-state index contributed by atoms with van der Waals surface area (Å²) < 4.78 is 26.2. The Morgan fingerprint density at radius 2 is 2.20 bits per heavy atom. The molecule has 20 heavy (non-hydrogen) atoms. The fraction of sp³-hybridized carbons (Fsp3) is 0.533. The highest BCUT2D eigenvalue weighted by atomic mass is 19.1. The zero-order valence-corrected chi connectivity index (χ0v) is 11.7. The van der Waals surface area contributed by atoms with Gasteiger partial charge in [-0.05, 0) is 45.0 Å². The lowest BCUT2D eigenvalue weighted by molar-refractivity contribution is -0.116. The maximum atomic E-state index is 13.4. The molecule has 1 amide bonds. The second-order valence-electron chi connectivity index (χ2n) is 5.34. The molecule has 1 aliphatic heterocycles. The fourth-order valence-corrected chi connectivity index (χ4v) is 2.61. The van der Waals surface area contributed by atoms with Crippen LogP contribution in [0.1, 0.15) is 32.1 Å². The predicted molar refractivity (Wildman–Crippen MR) is 74.5 cm³/mol. The monoisotopic (exact) mass is 282 g/mol. The Bertz CT molecular complexity index is 479. The molecule has 1 heterocycles. The van der Waals surface area contributed by atoms with Crippen molar-refractivity contribution in [2.24, 2.45) is 0 Å². The summed E-state index contributed by atoms with van der Waals surface area (Å²) in [5.74, 6) is -1.62. The third-order valence-electron chi connectivity index (χ3n) is 3.83. The molecule has 0 aliphatic carbocycles. The van der Waals surface area contributed by atoms with Crippen LogP contribution >= 0.6 is 0 Å². The van der Waals surface area contributed by atoms with Gasteiger partial charge in [-0.2, -0.15) is 0 Å². The van der Waals surface area contributed by atoms with Crippen molar-refractivity contribution in [2.45, 2.75) is 38.1 Å². The van der Waals surface area contributed by atoms with Gasteiger partial charge in [-0.1, -0.05) is 6.42 Å². The molecule has 1 N–H and O–H groups in total. The van der Waals surface area contributed by atoms with Crippen LogP contribution in [-0.2, 0) is 4.79 Å². The molecular weight excluding hydrogens is 262 g/mol. The first-order chi connectivity index (χ1) is 9.56. The molecule has 0 saturated carbocycles. The highest BCUT2D eigenvalue weighted by Gasteiger charge is 2.19. The van der Waals surface area contributed by atoms with Gasteiger partial charge in [-0.3, -0.25) is 4.79 Å². The Morgan fingerprint density at radius 1 is 1.40 bits per heavy atom. The Balaban J connectivity index is 1.83. The number of nitrogens with one attached hydrogen (secondary N) is 1. The summed E-state index contributed by atoms with van der Waals surface area (Å²) in [5.41, 5.74) is 0.0356. The van der Waals surface area contributed by atoms with Crippen LogP contribution in [-0.4, -0.2) is 30.4 Å². The van der Waals surface area contributed by atoms with E-state index in [9.17, 15) is 13.6 Å². The van der Waals surface area contributed by atoms with E-state index in [0.717, 1.165) is 31.5 Å². The minimum absolute atomic E-state index is 0.0356. The minimum atomic E-state index is -0.742. The summed E-state index contributed by atoms with van der Waals surface area (Å²) >= 11 is 0. The molecule has 1 atom stereocenters. The van der Waals surface area contributed by atoms with E-state index in [4.69, 9.17) is 0 Å². The fourth-order valence-electron chi connectivity index (χ4n) is 2.61. The van der Waals surface area contributed by atoms with Gasteiger partial charge >= 0.3 is 0 Å². The van der Waals surface area contributed by atoms with Gasteiger partial charge in [0.05, 0.1) is 5.69 Å². The van der Waals surface area contributed by atoms with Gasteiger partial charge in [-0.15, -0.1) is 0 Å². The van der Waals surface area contributed by atoms with Crippen LogP contribution in [0.3, 0.4) is 0 Å². The number of nitrogens with zero attached hydrogens (tertiary/aromatic N) is 1. The van der Waals surface area contributed by atoms with E-state index in [1.165, 1.54) is 18.9 Å². The zero-order chi connectivity index (χ0) is 14.5. The molecule has 1 aromatic rings. The molecular formula is C15H20F2N2O. The maximum absolute atomic E-state index is 13.4. The number of carbonyl (C=O) groups excluding carboxylic acids is 1. The van der Waals surface area contributed by atoms with Crippen LogP contribution in [0.25, 0.3) is 0 Å². The predicted octanol–water partition coefficient (Wildman–Crippen LogP) is 3.17. The van der Waals surface area contributed by atoms with Gasteiger partial charge in [-0.25, -0.2) is 8.78 Å². The van der Waals surface area contributed by atoms with Crippen LogP contribution in [0.5, 0.6) is 0 Å². The van der Waals surface area contributed by atoms with Crippen LogP contribution in [0.15, 0.2) is 18.2 Å². The van der Waals surface area contributed by atoms with Crippen molar-refractivity contribution in [1.82, 2.24) is 4.90 Å². The number of carbonyl (C=O) groups is 1. The molecule has 1 unspecified atom stereocenters. The van der Waals surface area contributed by atoms with Gasteiger partial charge in [0.15, 0.2) is 0 Å². The van der Waals surface area contributed by atoms with Crippen molar-refractivity contribution in [1.29, 1.82) is 0 Å². The molecule has 110 valence electrons. The molecule has 3 nitrogen and oxygen atoms in total. The maximum Gasteiger partial charge on any atom is 0.224 e. The molecule has 0 aromatic heterocycles. The number of rotatable bonds is 4. The Hall–Kier alpha value is -1.49. The van der Waals surface area contributed by atoms with E-state index < -0.39 is 11.6 Å². The van der Waals surface area contributed by atoms with E-state index >= 15 is 0 Å². The molecule has 2 rings (SSSR count). The summed E-state index contributed by atoms with van der Waals surface area (Å²) in [7, 11) is 2.07. The first-order valence-electron chi connectivity index (χ1n) is 7.01. The smallest absolute Gasteiger partial charge is 0.224 e. The lowest BCUT2D eigenvalue weighted by Crippen LogP contribution is -2.36. The lowest BCUT2D eigenvalue weighted by Gasteiger charge is -2.32. The van der Waals surface area contributed by atoms with Gasteiger partial charge in [0.25, 0.3) is 0 Å². The van der Waals surface area contributed by atoms with E-state index in [0.29, 0.717) is 12.5 Å². The zero-order valence-electron chi connectivity index (χ0n) is 11.7. The van der Waals surface area contributed by atoms with Crippen LogP contribution in [0.2, 0.25) is 0 Å². The van der Waals surface area contributed by atoms with Crippen LogP contribution < -0.4 is 5.32 Å². The van der Waals surface area contributed by atoms with Crippen molar-refractivity contribution in [3.05, 3.63) is 29.8 Å². The number of halogens is 2. The molecule has 1 saturated heterocycles. The molecule has 0 spiro atoms. The molecule has 1 fully saturated rings. The second-order valence-corrected chi connectivity index (χ2v) is 5.34. The summed E-state index contributed by atoms with van der Waals surface area (Å²) in [5, 5.41) is 2.49. The Labute approximate surface area is 118 Å². The third-order valence-corrected chi connectivity index (χ3v) is 3.83. The highest BCUT2D eigenvalue weighted by Crippen LogP contribution is 2.20. The van der Waals surface area contributed by atoms with E-state index in [-0.39, 0.29) is 11.6 Å². The summed E-state index contributed by atoms with van der Waals surface area (Å²) in [6.07, 6.45) is 4.63. The average Bonchev–Trinajstić information content (AvgIpc) is 2.41. The standard InChI is InChI=1S/C15H20F2N2O/c1-19-9-3-2-4-12(19)6-8-15(20)18-14-7-5-11(16)10-13(14)17/h5,7,10,12H,2-4,6,8-9H2,1H3,(H,18,20). The highest BCUT2D eigenvalue weighted by molar-refractivity contribution is 5.90. The molecule has 0 radical (unpaired) electrons.